The monoisotopic (exact) mass is 341 g/mol. The van der Waals surface area contributed by atoms with Gasteiger partial charge in [-0.2, -0.15) is 0 Å². The molecule has 2 N–H and O–H groups in total. The van der Waals surface area contributed by atoms with E-state index >= 15 is 0 Å². The average Bonchev–Trinajstić information content (AvgIpc) is 2.57. The Morgan fingerprint density at radius 2 is 1.08 bits per heavy atom. The third kappa shape index (κ3) is 17.6. The van der Waals surface area contributed by atoms with E-state index in [2.05, 4.69) is 13.8 Å². The van der Waals surface area contributed by atoms with Crippen LogP contribution in [0, 0.1) is 5.92 Å². The quantitative estimate of drug-likeness (QED) is 0.273. The number of amides is 1. The van der Waals surface area contributed by atoms with E-state index < -0.39 is 6.09 Å². The fourth-order valence-corrected chi connectivity index (χ4v) is 3.29. The molecule has 0 aromatic heterocycles. The van der Waals surface area contributed by atoms with E-state index in [1.54, 1.807) is 0 Å². The molecule has 1 unspecified atom stereocenters. The third-order valence-electron chi connectivity index (χ3n) is 4.89. The molecule has 0 saturated heterocycles. The molecule has 144 valence electrons. The molecule has 0 aromatic carbocycles. The molecule has 0 aromatic rings. The summed E-state index contributed by atoms with van der Waals surface area (Å²) in [7, 11) is 0. The summed E-state index contributed by atoms with van der Waals surface area (Å²) in [6.07, 6.45) is 20.4. The van der Waals surface area contributed by atoms with Crippen molar-refractivity contribution in [2.75, 3.05) is 6.61 Å². The van der Waals surface area contributed by atoms with E-state index in [1.165, 1.54) is 103 Å². The van der Waals surface area contributed by atoms with Gasteiger partial charge in [0.25, 0.3) is 0 Å². The van der Waals surface area contributed by atoms with Gasteiger partial charge in [-0.15, -0.1) is 0 Å². The molecule has 0 aliphatic carbocycles. The smallest absolute Gasteiger partial charge is 0.404 e. The van der Waals surface area contributed by atoms with Crippen molar-refractivity contribution >= 4 is 6.09 Å². The van der Waals surface area contributed by atoms with E-state index in [4.69, 9.17) is 10.5 Å². The van der Waals surface area contributed by atoms with Crippen LogP contribution in [-0.2, 0) is 4.74 Å². The van der Waals surface area contributed by atoms with Crippen LogP contribution in [0.1, 0.15) is 117 Å². The maximum atomic E-state index is 10.9. The Labute approximate surface area is 151 Å². The predicted octanol–water partition coefficient (Wildman–Crippen LogP) is 6.98. The summed E-state index contributed by atoms with van der Waals surface area (Å²) in [5.74, 6) is 0.503. The number of carbonyl (C=O) groups is 1. The SMILES string of the molecule is CCCCCCCCCCC(CCCCCCCC)COC(N)=O. The Balaban J connectivity index is 3.69. The van der Waals surface area contributed by atoms with E-state index in [1.807, 2.05) is 0 Å². The minimum Gasteiger partial charge on any atom is -0.449 e. The zero-order valence-electron chi connectivity index (χ0n) is 16.5. The van der Waals surface area contributed by atoms with Crippen molar-refractivity contribution in [3.8, 4) is 0 Å². The highest BCUT2D eigenvalue weighted by atomic mass is 16.5. The Bertz CT molecular complexity index is 269. The van der Waals surface area contributed by atoms with Crippen LogP contribution in [0.15, 0.2) is 0 Å². The van der Waals surface area contributed by atoms with Crippen molar-refractivity contribution in [1.29, 1.82) is 0 Å². The molecule has 0 aliphatic heterocycles. The largest absolute Gasteiger partial charge is 0.449 e. The molecule has 1 amide bonds. The summed E-state index contributed by atoms with van der Waals surface area (Å²) in [5.41, 5.74) is 5.12. The molecule has 0 rings (SSSR count). The summed E-state index contributed by atoms with van der Waals surface area (Å²) in [6.45, 7) is 5.03. The molecular weight excluding hydrogens is 298 g/mol. The van der Waals surface area contributed by atoms with Crippen LogP contribution in [0.25, 0.3) is 0 Å². The van der Waals surface area contributed by atoms with E-state index in [-0.39, 0.29) is 0 Å². The molecular formula is C21H43NO2. The number of hydrogen-bond donors (Lipinski definition) is 1. The van der Waals surface area contributed by atoms with Crippen molar-refractivity contribution in [3.05, 3.63) is 0 Å². The number of ether oxygens (including phenoxy) is 1. The number of rotatable bonds is 18. The summed E-state index contributed by atoms with van der Waals surface area (Å²) >= 11 is 0. The van der Waals surface area contributed by atoms with Gasteiger partial charge in [0.2, 0.25) is 0 Å². The van der Waals surface area contributed by atoms with Gasteiger partial charge in [-0.05, 0) is 18.8 Å². The van der Waals surface area contributed by atoms with Crippen molar-refractivity contribution in [2.45, 2.75) is 117 Å². The number of primary amides is 1. The van der Waals surface area contributed by atoms with Crippen molar-refractivity contribution < 1.29 is 9.53 Å². The Morgan fingerprint density at radius 1 is 0.708 bits per heavy atom. The molecule has 3 nitrogen and oxygen atoms in total. The molecule has 0 saturated carbocycles. The van der Waals surface area contributed by atoms with Gasteiger partial charge < -0.3 is 10.5 Å². The van der Waals surface area contributed by atoms with Gasteiger partial charge in [-0.25, -0.2) is 4.79 Å². The van der Waals surface area contributed by atoms with Crippen LogP contribution in [-0.4, -0.2) is 12.7 Å². The second-order valence-electron chi connectivity index (χ2n) is 7.32. The van der Waals surface area contributed by atoms with Crippen LogP contribution < -0.4 is 5.73 Å². The highest BCUT2D eigenvalue weighted by molar-refractivity contribution is 5.64. The zero-order chi connectivity index (χ0) is 17.9. The first kappa shape index (κ1) is 23.3. The summed E-state index contributed by atoms with van der Waals surface area (Å²) in [5, 5.41) is 0. The van der Waals surface area contributed by atoms with Gasteiger partial charge in [0.15, 0.2) is 0 Å². The van der Waals surface area contributed by atoms with Gasteiger partial charge in [-0.1, -0.05) is 104 Å². The summed E-state index contributed by atoms with van der Waals surface area (Å²) in [6, 6.07) is 0. The van der Waals surface area contributed by atoms with Gasteiger partial charge in [-0.3, -0.25) is 0 Å². The average molecular weight is 342 g/mol. The first-order chi connectivity index (χ1) is 11.7. The van der Waals surface area contributed by atoms with E-state index in [0.717, 1.165) is 0 Å². The maximum absolute atomic E-state index is 10.9. The number of unbranched alkanes of at least 4 members (excludes halogenated alkanes) is 12. The highest BCUT2D eigenvalue weighted by Gasteiger charge is 2.10. The fraction of sp³-hybridized carbons (Fsp3) is 0.952. The molecule has 0 heterocycles. The summed E-state index contributed by atoms with van der Waals surface area (Å²) in [4.78, 5) is 10.9. The number of nitrogens with two attached hydrogens (primary N) is 1. The standard InChI is InChI=1S/C21H43NO2/c1-3-5-7-9-11-12-14-16-18-20(19-24-21(22)23)17-15-13-10-8-6-4-2/h20H,3-19H2,1-2H3,(H2,22,23). The van der Waals surface area contributed by atoms with Crippen LogP contribution in [0.4, 0.5) is 4.79 Å². The van der Waals surface area contributed by atoms with Crippen LogP contribution in [0.2, 0.25) is 0 Å². The number of hydrogen-bond acceptors (Lipinski definition) is 2. The lowest BCUT2D eigenvalue weighted by molar-refractivity contribution is 0.129. The Morgan fingerprint density at radius 3 is 1.46 bits per heavy atom. The molecule has 0 bridgehead atoms. The molecule has 24 heavy (non-hydrogen) atoms. The first-order valence-corrected chi connectivity index (χ1v) is 10.6. The zero-order valence-corrected chi connectivity index (χ0v) is 16.5. The van der Waals surface area contributed by atoms with Gasteiger partial charge in [0, 0.05) is 0 Å². The third-order valence-corrected chi connectivity index (χ3v) is 4.89. The second-order valence-corrected chi connectivity index (χ2v) is 7.32. The van der Waals surface area contributed by atoms with E-state index in [0.29, 0.717) is 12.5 Å². The van der Waals surface area contributed by atoms with Crippen molar-refractivity contribution in [3.63, 3.8) is 0 Å². The first-order valence-electron chi connectivity index (χ1n) is 10.6. The number of carbonyl (C=O) groups excluding carboxylic acids is 1. The Hall–Kier alpha value is -0.730. The molecule has 0 radical (unpaired) electrons. The molecule has 0 fully saturated rings. The van der Waals surface area contributed by atoms with Crippen LogP contribution in [0.3, 0.4) is 0 Å². The lowest BCUT2D eigenvalue weighted by Crippen LogP contribution is -2.19. The van der Waals surface area contributed by atoms with Crippen LogP contribution >= 0.6 is 0 Å². The molecule has 0 aliphatic rings. The van der Waals surface area contributed by atoms with Crippen LogP contribution in [0.5, 0.6) is 0 Å². The summed E-state index contributed by atoms with van der Waals surface area (Å²) < 4.78 is 5.06. The minimum atomic E-state index is -0.626. The molecule has 0 spiro atoms. The Kier molecular flexibility index (Phi) is 18.0. The molecule has 1 atom stereocenters. The van der Waals surface area contributed by atoms with Crippen molar-refractivity contribution in [2.24, 2.45) is 11.7 Å². The topological polar surface area (TPSA) is 52.3 Å². The van der Waals surface area contributed by atoms with Gasteiger partial charge in [0.05, 0.1) is 6.61 Å². The van der Waals surface area contributed by atoms with Gasteiger partial charge >= 0.3 is 6.09 Å². The van der Waals surface area contributed by atoms with E-state index in [9.17, 15) is 4.79 Å². The maximum Gasteiger partial charge on any atom is 0.404 e. The highest BCUT2D eigenvalue weighted by Crippen LogP contribution is 2.20. The predicted molar refractivity (Wildman–Crippen MR) is 104 cm³/mol. The second kappa shape index (κ2) is 18.6. The fourth-order valence-electron chi connectivity index (χ4n) is 3.29. The molecule has 3 heteroatoms. The lowest BCUT2D eigenvalue weighted by atomic mass is 9.94. The van der Waals surface area contributed by atoms with Gasteiger partial charge in [0.1, 0.15) is 0 Å². The normalized spacial score (nSPS) is 12.2. The lowest BCUT2D eigenvalue weighted by Gasteiger charge is -2.16. The minimum absolute atomic E-state index is 0.503. The van der Waals surface area contributed by atoms with Crippen molar-refractivity contribution in [1.82, 2.24) is 0 Å².